The quantitative estimate of drug-likeness (QED) is 0.908. The molecule has 1 amide bonds. The molecule has 19 heavy (non-hydrogen) atoms. The van der Waals surface area contributed by atoms with Crippen LogP contribution in [-0.4, -0.2) is 29.1 Å². The average Bonchev–Trinajstić information content (AvgIpc) is 2.68. The molecule has 0 aliphatic carbocycles. The van der Waals surface area contributed by atoms with Crippen molar-refractivity contribution in [3.63, 3.8) is 0 Å². The molecule has 0 aliphatic heterocycles. The average molecular weight is 305 g/mol. The standard InChI is InChI=1S/C12H16N4O.2ClH/c1-13-6-5-12(17)15-9-3-4-11-10(7-9)14-8-16(11)2;;/h3-4,7-8,13H,5-6H2,1-2H3,(H,15,17);2*1H. The molecule has 106 valence electrons. The van der Waals surface area contributed by atoms with Crippen molar-refractivity contribution < 1.29 is 4.79 Å². The Morgan fingerprint density at radius 2 is 2.11 bits per heavy atom. The molecule has 0 bridgehead atoms. The number of nitrogens with zero attached hydrogens (tertiary/aromatic N) is 2. The lowest BCUT2D eigenvalue weighted by atomic mass is 10.2. The molecule has 0 unspecified atom stereocenters. The predicted octanol–water partition coefficient (Wildman–Crippen LogP) is 1.96. The van der Waals surface area contributed by atoms with Crippen molar-refractivity contribution in [3.05, 3.63) is 24.5 Å². The van der Waals surface area contributed by atoms with E-state index in [0.717, 1.165) is 16.7 Å². The molecule has 5 nitrogen and oxygen atoms in total. The van der Waals surface area contributed by atoms with Gasteiger partial charge in [-0.05, 0) is 25.2 Å². The number of benzene rings is 1. The highest BCUT2D eigenvalue weighted by atomic mass is 35.5. The fraction of sp³-hybridized carbons (Fsp3) is 0.333. The molecule has 0 aliphatic rings. The van der Waals surface area contributed by atoms with E-state index in [2.05, 4.69) is 15.6 Å². The smallest absolute Gasteiger partial charge is 0.225 e. The highest BCUT2D eigenvalue weighted by Crippen LogP contribution is 2.17. The number of aryl methyl sites for hydroxylation is 1. The van der Waals surface area contributed by atoms with E-state index in [4.69, 9.17) is 0 Å². The molecule has 1 heterocycles. The van der Waals surface area contributed by atoms with Crippen LogP contribution >= 0.6 is 24.8 Å². The van der Waals surface area contributed by atoms with Crippen LogP contribution in [0, 0.1) is 0 Å². The largest absolute Gasteiger partial charge is 0.334 e. The maximum atomic E-state index is 11.5. The molecule has 0 fully saturated rings. The first-order valence-electron chi connectivity index (χ1n) is 5.56. The summed E-state index contributed by atoms with van der Waals surface area (Å²) in [6.45, 7) is 0.678. The summed E-state index contributed by atoms with van der Waals surface area (Å²) in [4.78, 5) is 15.8. The third-order valence-corrected chi connectivity index (χ3v) is 2.61. The predicted molar refractivity (Wildman–Crippen MR) is 82.4 cm³/mol. The van der Waals surface area contributed by atoms with E-state index in [1.807, 2.05) is 36.9 Å². The summed E-state index contributed by atoms with van der Waals surface area (Å²) in [6.07, 6.45) is 2.23. The number of carbonyl (C=O) groups excluding carboxylic acids is 1. The third kappa shape index (κ3) is 4.38. The van der Waals surface area contributed by atoms with Gasteiger partial charge in [0.25, 0.3) is 0 Å². The number of carbonyl (C=O) groups is 1. The highest BCUT2D eigenvalue weighted by Gasteiger charge is 2.04. The molecule has 0 spiro atoms. The second kappa shape index (κ2) is 7.99. The van der Waals surface area contributed by atoms with Crippen LogP contribution in [0.4, 0.5) is 5.69 Å². The molecule has 1 aromatic heterocycles. The van der Waals surface area contributed by atoms with Crippen molar-refractivity contribution in [2.45, 2.75) is 6.42 Å². The second-order valence-electron chi connectivity index (χ2n) is 3.96. The SMILES string of the molecule is CNCCC(=O)Nc1ccc2c(c1)ncn2C.Cl.Cl. The van der Waals surface area contributed by atoms with Crippen LogP contribution in [0.2, 0.25) is 0 Å². The Labute approximate surface area is 124 Å². The monoisotopic (exact) mass is 304 g/mol. The van der Waals surface area contributed by atoms with Crippen LogP contribution in [0.15, 0.2) is 24.5 Å². The Morgan fingerprint density at radius 3 is 2.79 bits per heavy atom. The maximum absolute atomic E-state index is 11.5. The van der Waals surface area contributed by atoms with Crippen molar-refractivity contribution in [2.24, 2.45) is 7.05 Å². The molecular weight excluding hydrogens is 287 g/mol. The summed E-state index contributed by atoms with van der Waals surface area (Å²) in [5.41, 5.74) is 2.73. The summed E-state index contributed by atoms with van der Waals surface area (Å²) in [7, 11) is 3.77. The van der Waals surface area contributed by atoms with Gasteiger partial charge in [0.1, 0.15) is 0 Å². The lowest BCUT2D eigenvalue weighted by Crippen LogP contribution is -2.18. The molecule has 0 atom stereocenters. The number of halogens is 2. The van der Waals surface area contributed by atoms with Gasteiger partial charge in [-0.3, -0.25) is 4.79 Å². The van der Waals surface area contributed by atoms with Gasteiger partial charge in [-0.25, -0.2) is 4.98 Å². The van der Waals surface area contributed by atoms with Crippen molar-refractivity contribution in [1.82, 2.24) is 14.9 Å². The van der Waals surface area contributed by atoms with Crippen molar-refractivity contribution in [2.75, 3.05) is 18.9 Å². The van der Waals surface area contributed by atoms with E-state index in [1.165, 1.54) is 0 Å². The Bertz CT molecular complexity index is 542. The zero-order valence-corrected chi connectivity index (χ0v) is 12.5. The summed E-state index contributed by atoms with van der Waals surface area (Å²) in [5.74, 6) is 0.00892. The molecule has 0 saturated heterocycles. The molecular formula is C12H18Cl2N4O. The van der Waals surface area contributed by atoms with Crippen LogP contribution < -0.4 is 10.6 Å². The molecule has 2 rings (SSSR count). The first kappa shape index (κ1) is 17.7. The fourth-order valence-electron chi connectivity index (χ4n) is 1.68. The van der Waals surface area contributed by atoms with Gasteiger partial charge >= 0.3 is 0 Å². The lowest BCUT2D eigenvalue weighted by molar-refractivity contribution is -0.116. The minimum Gasteiger partial charge on any atom is -0.334 e. The van der Waals surface area contributed by atoms with Crippen molar-refractivity contribution >= 4 is 47.4 Å². The molecule has 0 saturated carbocycles. The van der Waals surface area contributed by atoms with Gasteiger partial charge in [-0.15, -0.1) is 24.8 Å². The van der Waals surface area contributed by atoms with Gasteiger partial charge in [0.2, 0.25) is 5.91 Å². The summed E-state index contributed by atoms with van der Waals surface area (Å²) < 4.78 is 1.95. The molecule has 2 N–H and O–H groups in total. The first-order valence-corrected chi connectivity index (χ1v) is 5.56. The number of hydrogen-bond donors (Lipinski definition) is 2. The van der Waals surface area contributed by atoms with Crippen molar-refractivity contribution in [1.29, 1.82) is 0 Å². The number of rotatable bonds is 4. The van der Waals surface area contributed by atoms with E-state index in [1.54, 1.807) is 6.33 Å². The topological polar surface area (TPSA) is 59.0 Å². The van der Waals surface area contributed by atoms with Crippen LogP contribution in [-0.2, 0) is 11.8 Å². The second-order valence-corrected chi connectivity index (χ2v) is 3.96. The number of amides is 1. The Morgan fingerprint density at radius 1 is 1.37 bits per heavy atom. The van der Waals surface area contributed by atoms with Crippen LogP contribution in [0.25, 0.3) is 11.0 Å². The fourth-order valence-corrected chi connectivity index (χ4v) is 1.68. The van der Waals surface area contributed by atoms with E-state index in [0.29, 0.717) is 13.0 Å². The van der Waals surface area contributed by atoms with Gasteiger partial charge in [0, 0.05) is 25.7 Å². The Kier molecular flexibility index (Phi) is 7.44. The molecule has 1 aromatic carbocycles. The minimum atomic E-state index is 0. The van der Waals surface area contributed by atoms with E-state index < -0.39 is 0 Å². The summed E-state index contributed by atoms with van der Waals surface area (Å²) in [5, 5.41) is 5.79. The van der Waals surface area contributed by atoms with Crippen molar-refractivity contribution in [3.8, 4) is 0 Å². The first-order chi connectivity index (χ1) is 8.20. The van der Waals surface area contributed by atoms with Gasteiger partial charge in [0.05, 0.1) is 17.4 Å². The Balaban J connectivity index is 0.00000162. The molecule has 7 heteroatoms. The maximum Gasteiger partial charge on any atom is 0.225 e. The zero-order chi connectivity index (χ0) is 12.3. The summed E-state index contributed by atoms with van der Waals surface area (Å²) >= 11 is 0. The van der Waals surface area contributed by atoms with Crippen LogP contribution in [0.1, 0.15) is 6.42 Å². The van der Waals surface area contributed by atoms with E-state index in [-0.39, 0.29) is 30.7 Å². The minimum absolute atomic E-state index is 0. The lowest BCUT2D eigenvalue weighted by Gasteiger charge is -2.05. The summed E-state index contributed by atoms with van der Waals surface area (Å²) in [6, 6.07) is 5.73. The van der Waals surface area contributed by atoms with Gasteiger partial charge in [-0.2, -0.15) is 0 Å². The molecule has 2 aromatic rings. The van der Waals surface area contributed by atoms with Gasteiger partial charge in [0.15, 0.2) is 0 Å². The Hall–Kier alpha value is -1.30. The molecule has 0 radical (unpaired) electrons. The number of nitrogens with one attached hydrogen (secondary N) is 2. The van der Waals surface area contributed by atoms with E-state index >= 15 is 0 Å². The highest BCUT2D eigenvalue weighted by molar-refractivity contribution is 5.93. The van der Waals surface area contributed by atoms with Crippen LogP contribution in [0.3, 0.4) is 0 Å². The van der Waals surface area contributed by atoms with Crippen LogP contribution in [0.5, 0.6) is 0 Å². The van der Waals surface area contributed by atoms with E-state index in [9.17, 15) is 4.79 Å². The number of fused-ring (bicyclic) bond motifs is 1. The number of hydrogen-bond acceptors (Lipinski definition) is 3. The third-order valence-electron chi connectivity index (χ3n) is 2.61. The number of anilines is 1. The van der Waals surface area contributed by atoms with Gasteiger partial charge < -0.3 is 15.2 Å². The normalized spacial score (nSPS) is 9.58. The number of aromatic nitrogens is 2. The number of imidazole rings is 1. The zero-order valence-electron chi connectivity index (χ0n) is 10.8. The van der Waals surface area contributed by atoms with Gasteiger partial charge in [-0.1, -0.05) is 0 Å².